The topological polar surface area (TPSA) is 21.3 Å². The number of hydrogen-bond donors (Lipinski definition) is 1. The monoisotopic (exact) mass is 245 g/mol. The SMILES string of the molecule is C[C@@]1(C(F)(F)F)N[C@@H](Cc2ccccc2)CO1. The minimum atomic E-state index is -4.39. The summed E-state index contributed by atoms with van der Waals surface area (Å²) in [4.78, 5) is 0. The third kappa shape index (κ3) is 2.61. The first-order valence-electron chi connectivity index (χ1n) is 5.43. The molecule has 1 saturated heterocycles. The minimum Gasteiger partial charge on any atom is -0.350 e. The van der Waals surface area contributed by atoms with Gasteiger partial charge in [-0.1, -0.05) is 30.3 Å². The predicted octanol–water partition coefficient (Wildman–Crippen LogP) is 2.50. The van der Waals surface area contributed by atoms with E-state index in [1.807, 2.05) is 30.3 Å². The van der Waals surface area contributed by atoms with E-state index < -0.39 is 11.9 Å². The largest absolute Gasteiger partial charge is 0.430 e. The zero-order valence-corrected chi connectivity index (χ0v) is 9.42. The van der Waals surface area contributed by atoms with E-state index in [9.17, 15) is 13.2 Å². The van der Waals surface area contributed by atoms with Gasteiger partial charge in [0.25, 0.3) is 0 Å². The van der Waals surface area contributed by atoms with Crippen molar-refractivity contribution in [1.82, 2.24) is 5.32 Å². The van der Waals surface area contributed by atoms with Crippen LogP contribution in [0.1, 0.15) is 12.5 Å². The molecule has 1 aliphatic rings. The van der Waals surface area contributed by atoms with Crippen LogP contribution in [0.2, 0.25) is 0 Å². The lowest BCUT2D eigenvalue weighted by atomic mass is 10.1. The fourth-order valence-electron chi connectivity index (χ4n) is 1.91. The summed E-state index contributed by atoms with van der Waals surface area (Å²) in [6.07, 6.45) is -3.86. The highest BCUT2D eigenvalue weighted by molar-refractivity contribution is 5.16. The first-order chi connectivity index (χ1) is 7.91. The van der Waals surface area contributed by atoms with Crippen LogP contribution in [0.3, 0.4) is 0 Å². The Hall–Kier alpha value is -1.07. The molecule has 0 aliphatic carbocycles. The number of hydrogen-bond acceptors (Lipinski definition) is 2. The third-order valence-electron chi connectivity index (χ3n) is 2.92. The van der Waals surface area contributed by atoms with Crippen molar-refractivity contribution in [3.63, 3.8) is 0 Å². The van der Waals surface area contributed by atoms with Gasteiger partial charge in [-0.25, -0.2) is 0 Å². The Kier molecular flexibility index (Phi) is 3.14. The van der Waals surface area contributed by atoms with Crippen molar-refractivity contribution in [2.24, 2.45) is 0 Å². The number of nitrogens with one attached hydrogen (secondary N) is 1. The third-order valence-corrected chi connectivity index (χ3v) is 2.92. The zero-order valence-electron chi connectivity index (χ0n) is 9.42. The number of alkyl halides is 3. The van der Waals surface area contributed by atoms with Gasteiger partial charge in [0.05, 0.1) is 6.61 Å². The zero-order chi connectivity index (χ0) is 12.5. The van der Waals surface area contributed by atoms with Gasteiger partial charge in [-0.05, 0) is 18.9 Å². The Morgan fingerprint density at radius 1 is 1.35 bits per heavy atom. The Morgan fingerprint density at radius 3 is 2.53 bits per heavy atom. The number of rotatable bonds is 2. The summed E-state index contributed by atoms with van der Waals surface area (Å²) in [7, 11) is 0. The van der Waals surface area contributed by atoms with Gasteiger partial charge < -0.3 is 4.74 Å². The summed E-state index contributed by atoms with van der Waals surface area (Å²) >= 11 is 0. The van der Waals surface area contributed by atoms with Gasteiger partial charge in [0.15, 0.2) is 0 Å². The molecule has 2 atom stereocenters. The molecule has 1 N–H and O–H groups in total. The van der Waals surface area contributed by atoms with Crippen molar-refractivity contribution in [1.29, 1.82) is 0 Å². The molecule has 1 heterocycles. The lowest BCUT2D eigenvalue weighted by Crippen LogP contribution is -2.53. The molecule has 1 fully saturated rings. The van der Waals surface area contributed by atoms with Gasteiger partial charge in [0.1, 0.15) is 0 Å². The van der Waals surface area contributed by atoms with Crippen LogP contribution >= 0.6 is 0 Å². The van der Waals surface area contributed by atoms with Gasteiger partial charge in [-0.15, -0.1) is 0 Å². The molecule has 0 radical (unpaired) electrons. The average molecular weight is 245 g/mol. The molecule has 1 aliphatic heterocycles. The lowest BCUT2D eigenvalue weighted by molar-refractivity contribution is -0.263. The van der Waals surface area contributed by atoms with Gasteiger partial charge in [0.2, 0.25) is 5.72 Å². The first kappa shape index (κ1) is 12.4. The molecule has 0 amide bonds. The molecule has 94 valence electrons. The number of halogens is 3. The van der Waals surface area contributed by atoms with Crippen LogP contribution < -0.4 is 5.32 Å². The second kappa shape index (κ2) is 4.31. The second-order valence-electron chi connectivity index (χ2n) is 4.37. The van der Waals surface area contributed by atoms with Crippen molar-refractivity contribution in [3.8, 4) is 0 Å². The van der Waals surface area contributed by atoms with E-state index >= 15 is 0 Å². The maximum atomic E-state index is 12.7. The first-order valence-corrected chi connectivity index (χ1v) is 5.43. The highest BCUT2D eigenvalue weighted by Gasteiger charge is 2.56. The molecular weight excluding hydrogens is 231 g/mol. The van der Waals surface area contributed by atoms with E-state index in [2.05, 4.69) is 5.32 Å². The van der Waals surface area contributed by atoms with E-state index in [-0.39, 0.29) is 12.6 Å². The second-order valence-corrected chi connectivity index (χ2v) is 4.37. The molecule has 17 heavy (non-hydrogen) atoms. The summed E-state index contributed by atoms with van der Waals surface area (Å²) in [5.74, 6) is 0. The van der Waals surface area contributed by atoms with Crippen LogP contribution in [0.15, 0.2) is 30.3 Å². The van der Waals surface area contributed by atoms with Crippen molar-refractivity contribution in [2.75, 3.05) is 6.61 Å². The molecule has 5 heteroatoms. The van der Waals surface area contributed by atoms with Crippen LogP contribution in [0, 0.1) is 0 Å². The number of ether oxygens (including phenoxy) is 1. The van der Waals surface area contributed by atoms with Gasteiger partial charge in [0, 0.05) is 6.04 Å². The maximum absolute atomic E-state index is 12.7. The van der Waals surface area contributed by atoms with Gasteiger partial charge >= 0.3 is 6.18 Å². The van der Waals surface area contributed by atoms with E-state index in [1.54, 1.807) is 0 Å². The van der Waals surface area contributed by atoms with Crippen LogP contribution in [0.25, 0.3) is 0 Å². The maximum Gasteiger partial charge on any atom is 0.430 e. The van der Waals surface area contributed by atoms with Crippen LogP contribution in [-0.4, -0.2) is 24.6 Å². The normalized spacial score (nSPS) is 29.5. The standard InChI is InChI=1S/C12H14F3NO/c1-11(12(13,14)15)16-10(8-17-11)7-9-5-3-2-4-6-9/h2-6,10,16H,7-8H2,1H3/t10-,11+/m0/s1. The quantitative estimate of drug-likeness (QED) is 0.864. The van der Waals surface area contributed by atoms with E-state index in [4.69, 9.17) is 4.74 Å². The van der Waals surface area contributed by atoms with E-state index in [0.717, 1.165) is 12.5 Å². The molecule has 0 saturated carbocycles. The lowest BCUT2D eigenvalue weighted by Gasteiger charge is -2.27. The Morgan fingerprint density at radius 2 is 2.00 bits per heavy atom. The van der Waals surface area contributed by atoms with Crippen molar-refractivity contribution < 1.29 is 17.9 Å². The fraction of sp³-hybridized carbons (Fsp3) is 0.500. The number of benzene rings is 1. The van der Waals surface area contributed by atoms with Gasteiger partial charge in [-0.3, -0.25) is 5.32 Å². The Balaban J connectivity index is 1.99. The summed E-state index contributed by atoms with van der Waals surface area (Å²) in [6.45, 7) is 1.10. The highest BCUT2D eigenvalue weighted by Crippen LogP contribution is 2.34. The van der Waals surface area contributed by atoms with Crippen LogP contribution in [0.4, 0.5) is 13.2 Å². The molecule has 0 spiro atoms. The molecule has 0 unspecified atom stereocenters. The molecule has 0 bridgehead atoms. The van der Waals surface area contributed by atoms with Crippen LogP contribution in [0.5, 0.6) is 0 Å². The predicted molar refractivity (Wildman–Crippen MR) is 57.5 cm³/mol. The van der Waals surface area contributed by atoms with Gasteiger partial charge in [-0.2, -0.15) is 13.2 Å². The molecule has 2 rings (SSSR count). The van der Waals surface area contributed by atoms with E-state index in [0.29, 0.717) is 6.42 Å². The van der Waals surface area contributed by atoms with Crippen LogP contribution in [-0.2, 0) is 11.2 Å². The molecule has 2 nitrogen and oxygen atoms in total. The summed E-state index contributed by atoms with van der Waals surface area (Å²) in [5, 5.41) is 2.51. The molecule has 0 aromatic heterocycles. The molecular formula is C12H14F3NO. The molecule has 1 aromatic rings. The molecule has 1 aromatic carbocycles. The summed E-state index contributed by atoms with van der Waals surface area (Å²) in [6, 6.07) is 9.10. The average Bonchev–Trinajstić information content (AvgIpc) is 2.62. The van der Waals surface area contributed by atoms with Crippen molar-refractivity contribution in [2.45, 2.75) is 31.3 Å². The summed E-state index contributed by atoms with van der Waals surface area (Å²) in [5.41, 5.74) is -1.22. The van der Waals surface area contributed by atoms with Crippen molar-refractivity contribution >= 4 is 0 Å². The van der Waals surface area contributed by atoms with E-state index in [1.165, 1.54) is 0 Å². The Labute approximate surface area is 97.8 Å². The highest BCUT2D eigenvalue weighted by atomic mass is 19.4. The fourth-order valence-corrected chi connectivity index (χ4v) is 1.91. The summed E-state index contributed by atoms with van der Waals surface area (Å²) < 4.78 is 42.9. The smallest absolute Gasteiger partial charge is 0.350 e. The minimum absolute atomic E-state index is 0.0743. The Bertz CT molecular complexity index is 379. The van der Waals surface area contributed by atoms with Crippen molar-refractivity contribution in [3.05, 3.63) is 35.9 Å².